The quantitative estimate of drug-likeness (QED) is 0.762. The van der Waals surface area contributed by atoms with Gasteiger partial charge in [0.05, 0.1) is 6.04 Å². The first-order valence-electron chi connectivity index (χ1n) is 6.33. The summed E-state index contributed by atoms with van der Waals surface area (Å²) in [5.74, 6) is 0.885. The van der Waals surface area contributed by atoms with Crippen LogP contribution in [0.15, 0.2) is 36.9 Å². The van der Waals surface area contributed by atoms with Gasteiger partial charge in [0.2, 0.25) is 5.91 Å². The topological polar surface area (TPSA) is 41.6 Å². The van der Waals surface area contributed by atoms with Crippen molar-refractivity contribution in [3.8, 4) is 5.75 Å². The Labute approximate surface area is 115 Å². The molecule has 4 nitrogen and oxygen atoms in total. The molecule has 1 aromatic rings. The lowest BCUT2D eigenvalue weighted by molar-refractivity contribution is -0.132. The molecule has 0 bridgehead atoms. The van der Waals surface area contributed by atoms with Crippen LogP contribution in [0.25, 0.3) is 0 Å². The summed E-state index contributed by atoms with van der Waals surface area (Å²) in [6.45, 7) is 6.54. The number of hydrogen-bond donors (Lipinski definition) is 1. The second-order valence-corrected chi connectivity index (χ2v) is 4.45. The Morgan fingerprint density at radius 2 is 2.11 bits per heavy atom. The van der Waals surface area contributed by atoms with Gasteiger partial charge in [0.25, 0.3) is 0 Å². The maximum Gasteiger partial charge on any atom is 0.239 e. The Hall–Kier alpha value is -1.81. The second kappa shape index (κ2) is 7.59. The van der Waals surface area contributed by atoms with Gasteiger partial charge in [0.15, 0.2) is 0 Å². The molecule has 0 heterocycles. The average Bonchev–Trinajstić information content (AvgIpc) is 2.44. The molecule has 1 rings (SSSR count). The molecule has 1 unspecified atom stereocenters. The van der Waals surface area contributed by atoms with Gasteiger partial charge in [-0.3, -0.25) is 4.79 Å². The van der Waals surface area contributed by atoms with Crippen molar-refractivity contribution in [2.24, 2.45) is 0 Å². The molecule has 19 heavy (non-hydrogen) atoms. The molecule has 0 saturated heterocycles. The lowest BCUT2D eigenvalue weighted by atomic mass is 10.2. The van der Waals surface area contributed by atoms with Crippen LogP contribution < -0.4 is 10.1 Å². The van der Waals surface area contributed by atoms with Crippen LogP contribution >= 0.6 is 0 Å². The Morgan fingerprint density at radius 1 is 1.47 bits per heavy atom. The van der Waals surface area contributed by atoms with Gasteiger partial charge in [0.1, 0.15) is 12.4 Å². The molecular formula is C15H22N2O2. The molecule has 1 N–H and O–H groups in total. The van der Waals surface area contributed by atoms with Gasteiger partial charge in [-0.2, -0.15) is 0 Å². The standard InChI is InChI=1S/C15H22N2O2/c1-5-10-19-14-8-6-13(7-9-14)11-17(4)15(18)12(2)16-3/h5-9,12,16H,1,10-11H2,2-4H3. The Balaban J connectivity index is 2.57. The monoisotopic (exact) mass is 262 g/mol. The number of amides is 1. The molecule has 0 aliphatic heterocycles. The summed E-state index contributed by atoms with van der Waals surface area (Å²) in [6.07, 6.45) is 1.71. The molecule has 0 saturated carbocycles. The van der Waals surface area contributed by atoms with Crippen LogP contribution in [-0.2, 0) is 11.3 Å². The fraction of sp³-hybridized carbons (Fsp3) is 0.400. The third kappa shape index (κ3) is 4.75. The molecule has 104 valence electrons. The van der Waals surface area contributed by atoms with Crippen molar-refractivity contribution in [2.75, 3.05) is 20.7 Å². The first-order chi connectivity index (χ1) is 9.08. The molecule has 1 atom stereocenters. The number of nitrogens with one attached hydrogen (secondary N) is 1. The van der Waals surface area contributed by atoms with Crippen LogP contribution in [0.4, 0.5) is 0 Å². The molecule has 1 aromatic carbocycles. The van der Waals surface area contributed by atoms with Crippen molar-refractivity contribution in [3.63, 3.8) is 0 Å². The van der Waals surface area contributed by atoms with E-state index in [1.54, 1.807) is 25.1 Å². The van der Waals surface area contributed by atoms with Crippen LogP contribution in [0, 0.1) is 0 Å². The van der Waals surface area contributed by atoms with Crippen LogP contribution in [-0.4, -0.2) is 37.6 Å². The SMILES string of the molecule is C=CCOc1ccc(CN(C)C(=O)C(C)NC)cc1. The van der Waals surface area contributed by atoms with E-state index in [1.165, 1.54) is 0 Å². The minimum Gasteiger partial charge on any atom is -0.490 e. The van der Waals surface area contributed by atoms with Crippen LogP contribution in [0.5, 0.6) is 5.75 Å². The summed E-state index contributed by atoms with van der Waals surface area (Å²) in [6, 6.07) is 7.57. The van der Waals surface area contributed by atoms with Crippen molar-refractivity contribution in [1.82, 2.24) is 10.2 Å². The molecular weight excluding hydrogens is 240 g/mol. The fourth-order valence-corrected chi connectivity index (χ4v) is 1.65. The third-order valence-corrected chi connectivity index (χ3v) is 2.89. The third-order valence-electron chi connectivity index (χ3n) is 2.89. The molecule has 0 aliphatic carbocycles. The summed E-state index contributed by atoms with van der Waals surface area (Å²) in [7, 11) is 3.58. The van der Waals surface area contributed by atoms with E-state index in [1.807, 2.05) is 31.2 Å². The lowest BCUT2D eigenvalue weighted by Gasteiger charge is -2.21. The number of benzene rings is 1. The largest absolute Gasteiger partial charge is 0.490 e. The number of rotatable bonds is 7. The Bertz CT molecular complexity index is 415. The molecule has 0 radical (unpaired) electrons. The van der Waals surface area contributed by atoms with Crippen molar-refractivity contribution in [1.29, 1.82) is 0 Å². The zero-order chi connectivity index (χ0) is 14.3. The molecule has 4 heteroatoms. The van der Waals surface area contributed by atoms with E-state index in [0.717, 1.165) is 11.3 Å². The van der Waals surface area contributed by atoms with Crippen molar-refractivity contribution in [3.05, 3.63) is 42.5 Å². The Morgan fingerprint density at radius 3 is 2.63 bits per heavy atom. The highest BCUT2D eigenvalue weighted by atomic mass is 16.5. The van der Waals surface area contributed by atoms with E-state index in [9.17, 15) is 4.79 Å². The van der Waals surface area contributed by atoms with Crippen molar-refractivity contribution >= 4 is 5.91 Å². The first kappa shape index (κ1) is 15.2. The molecule has 1 amide bonds. The van der Waals surface area contributed by atoms with Crippen LogP contribution in [0.2, 0.25) is 0 Å². The minimum absolute atomic E-state index is 0.0782. The van der Waals surface area contributed by atoms with E-state index >= 15 is 0 Å². The smallest absolute Gasteiger partial charge is 0.239 e. The summed E-state index contributed by atoms with van der Waals surface area (Å²) >= 11 is 0. The molecule has 0 spiro atoms. The fourth-order valence-electron chi connectivity index (χ4n) is 1.65. The van der Waals surface area contributed by atoms with E-state index < -0.39 is 0 Å². The summed E-state index contributed by atoms with van der Waals surface area (Å²) in [4.78, 5) is 13.6. The summed E-state index contributed by atoms with van der Waals surface area (Å²) in [5.41, 5.74) is 1.07. The summed E-state index contributed by atoms with van der Waals surface area (Å²) in [5, 5.41) is 2.94. The van der Waals surface area contributed by atoms with E-state index in [2.05, 4.69) is 11.9 Å². The molecule has 0 aromatic heterocycles. The normalized spacial score (nSPS) is 11.7. The van der Waals surface area contributed by atoms with Crippen LogP contribution in [0.3, 0.4) is 0 Å². The van der Waals surface area contributed by atoms with Gasteiger partial charge in [-0.25, -0.2) is 0 Å². The minimum atomic E-state index is -0.166. The van der Waals surface area contributed by atoms with Crippen molar-refractivity contribution in [2.45, 2.75) is 19.5 Å². The first-order valence-corrected chi connectivity index (χ1v) is 6.33. The zero-order valence-electron chi connectivity index (χ0n) is 11.8. The summed E-state index contributed by atoms with van der Waals surface area (Å²) < 4.78 is 5.41. The Kier molecular flexibility index (Phi) is 6.09. The lowest BCUT2D eigenvalue weighted by Crippen LogP contribution is -2.41. The molecule has 0 aliphatic rings. The number of carbonyl (C=O) groups excluding carboxylic acids is 1. The second-order valence-electron chi connectivity index (χ2n) is 4.45. The number of carbonyl (C=O) groups is 1. The van der Waals surface area contributed by atoms with Crippen molar-refractivity contribution < 1.29 is 9.53 Å². The number of likely N-dealkylation sites (N-methyl/N-ethyl adjacent to an activating group) is 2. The van der Waals surface area contributed by atoms with E-state index in [4.69, 9.17) is 4.74 Å². The number of hydrogen-bond acceptors (Lipinski definition) is 3. The number of nitrogens with zero attached hydrogens (tertiary/aromatic N) is 1. The van der Waals surface area contributed by atoms with E-state index in [0.29, 0.717) is 13.2 Å². The van der Waals surface area contributed by atoms with Gasteiger partial charge in [-0.1, -0.05) is 24.8 Å². The van der Waals surface area contributed by atoms with Gasteiger partial charge >= 0.3 is 0 Å². The van der Waals surface area contributed by atoms with Gasteiger partial charge in [-0.05, 0) is 31.7 Å². The van der Waals surface area contributed by atoms with Gasteiger partial charge in [-0.15, -0.1) is 0 Å². The zero-order valence-corrected chi connectivity index (χ0v) is 11.8. The number of ether oxygens (including phenoxy) is 1. The van der Waals surface area contributed by atoms with Gasteiger partial charge in [0, 0.05) is 13.6 Å². The maximum atomic E-state index is 11.9. The van der Waals surface area contributed by atoms with E-state index in [-0.39, 0.29) is 11.9 Å². The maximum absolute atomic E-state index is 11.9. The predicted molar refractivity (Wildman–Crippen MR) is 77.1 cm³/mol. The molecule has 0 fully saturated rings. The highest BCUT2D eigenvalue weighted by Gasteiger charge is 2.15. The predicted octanol–water partition coefficient (Wildman–Crippen LogP) is 1.82. The van der Waals surface area contributed by atoms with Gasteiger partial charge < -0.3 is 15.0 Å². The average molecular weight is 262 g/mol. The highest BCUT2D eigenvalue weighted by Crippen LogP contribution is 2.13. The highest BCUT2D eigenvalue weighted by molar-refractivity contribution is 5.81. The van der Waals surface area contributed by atoms with Crippen LogP contribution in [0.1, 0.15) is 12.5 Å².